The lowest BCUT2D eigenvalue weighted by Gasteiger charge is -2.09. The zero-order valence-electron chi connectivity index (χ0n) is 17.0. The molecule has 9 heteroatoms. The Bertz CT molecular complexity index is 1190. The largest absolute Gasteiger partial charge is 0.310 e. The van der Waals surface area contributed by atoms with Gasteiger partial charge in [-0.05, 0) is 31.2 Å². The first-order chi connectivity index (χ1) is 15.2. The van der Waals surface area contributed by atoms with Crippen LogP contribution in [0.3, 0.4) is 0 Å². The molecular weight excluding hydrogens is 410 g/mol. The van der Waals surface area contributed by atoms with Crippen molar-refractivity contribution < 1.29 is 4.79 Å². The molecule has 1 aromatic carbocycles. The Hall–Kier alpha value is -3.72. The normalized spacial score (nSPS) is 10.7. The lowest BCUT2D eigenvalue weighted by molar-refractivity contribution is -0.113. The standard InChI is InChI=1S/C22H21N7OS/c1-3-13-28-21(17-9-11-23-12-10-17)25-26-22(28)31-15-20(30)24-19-14-16(2)27-29(19)18-7-5-4-6-8-18/h3-12,14H,1,13,15H2,2H3,(H,24,30). The fraction of sp³-hybridized carbons (Fsp3) is 0.136. The number of aryl methyl sites for hydroxylation is 1. The van der Waals surface area contributed by atoms with Crippen LogP contribution in [0.1, 0.15) is 5.69 Å². The summed E-state index contributed by atoms with van der Waals surface area (Å²) in [5.41, 5.74) is 2.61. The summed E-state index contributed by atoms with van der Waals surface area (Å²) < 4.78 is 3.65. The number of nitrogens with zero attached hydrogens (tertiary/aromatic N) is 6. The van der Waals surface area contributed by atoms with Gasteiger partial charge in [0.15, 0.2) is 11.0 Å². The molecule has 0 fully saturated rings. The quantitative estimate of drug-likeness (QED) is 0.338. The third-order valence-corrected chi connectivity index (χ3v) is 5.37. The number of amides is 1. The number of rotatable bonds is 8. The van der Waals surface area contributed by atoms with Gasteiger partial charge in [-0.1, -0.05) is 36.0 Å². The van der Waals surface area contributed by atoms with E-state index in [2.05, 4.69) is 32.2 Å². The molecule has 0 bridgehead atoms. The van der Waals surface area contributed by atoms with Crippen LogP contribution in [0, 0.1) is 6.92 Å². The molecule has 1 amide bonds. The SMILES string of the molecule is C=CCn1c(SCC(=O)Nc2cc(C)nn2-c2ccccc2)nnc1-c1ccncc1. The van der Waals surface area contributed by atoms with E-state index in [0.717, 1.165) is 16.9 Å². The smallest absolute Gasteiger partial charge is 0.236 e. The Balaban J connectivity index is 1.48. The van der Waals surface area contributed by atoms with Gasteiger partial charge in [0.25, 0.3) is 0 Å². The average molecular weight is 432 g/mol. The Morgan fingerprint density at radius 2 is 1.94 bits per heavy atom. The number of benzene rings is 1. The van der Waals surface area contributed by atoms with Crippen LogP contribution in [0.2, 0.25) is 0 Å². The summed E-state index contributed by atoms with van der Waals surface area (Å²) in [5.74, 6) is 1.37. The van der Waals surface area contributed by atoms with Gasteiger partial charge in [0, 0.05) is 30.6 Å². The number of allylic oxidation sites excluding steroid dienone is 1. The Kier molecular flexibility index (Phi) is 6.23. The lowest BCUT2D eigenvalue weighted by Crippen LogP contribution is -2.17. The molecule has 0 unspecified atom stereocenters. The minimum Gasteiger partial charge on any atom is -0.310 e. The second kappa shape index (κ2) is 9.40. The maximum atomic E-state index is 12.7. The Morgan fingerprint density at radius 3 is 2.68 bits per heavy atom. The van der Waals surface area contributed by atoms with Crippen LogP contribution in [-0.2, 0) is 11.3 Å². The van der Waals surface area contributed by atoms with E-state index >= 15 is 0 Å². The van der Waals surface area contributed by atoms with Crippen molar-refractivity contribution in [2.24, 2.45) is 0 Å². The van der Waals surface area contributed by atoms with Crippen LogP contribution in [0.5, 0.6) is 0 Å². The maximum absolute atomic E-state index is 12.7. The molecule has 0 saturated carbocycles. The number of para-hydroxylation sites is 1. The summed E-state index contributed by atoms with van der Waals surface area (Å²) >= 11 is 1.32. The summed E-state index contributed by atoms with van der Waals surface area (Å²) in [6.07, 6.45) is 5.19. The van der Waals surface area contributed by atoms with Gasteiger partial charge in [-0.2, -0.15) is 5.10 Å². The Morgan fingerprint density at radius 1 is 1.16 bits per heavy atom. The highest BCUT2D eigenvalue weighted by Gasteiger charge is 2.16. The van der Waals surface area contributed by atoms with Gasteiger partial charge < -0.3 is 5.32 Å². The topological polar surface area (TPSA) is 90.5 Å². The number of hydrogen-bond acceptors (Lipinski definition) is 6. The predicted molar refractivity (Wildman–Crippen MR) is 121 cm³/mol. The molecule has 4 aromatic rings. The molecule has 3 aromatic heterocycles. The van der Waals surface area contributed by atoms with Crippen LogP contribution < -0.4 is 5.32 Å². The van der Waals surface area contributed by atoms with E-state index in [1.54, 1.807) is 23.2 Å². The molecule has 0 radical (unpaired) electrons. The van der Waals surface area contributed by atoms with Crippen molar-refractivity contribution in [1.82, 2.24) is 29.5 Å². The first-order valence-electron chi connectivity index (χ1n) is 9.65. The van der Waals surface area contributed by atoms with Gasteiger partial charge in [0.2, 0.25) is 5.91 Å². The highest BCUT2D eigenvalue weighted by Crippen LogP contribution is 2.24. The summed E-state index contributed by atoms with van der Waals surface area (Å²) in [6.45, 7) is 6.24. The van der Waals surface area contributed by atoms with Gasteiger partial charge in [0.05, 0.1) is 17.1 Å². The summed E-state index contributed by atoms with van der Waals surface area (Å²) in [7, 11) is 0. The molecule has 0 atom stereocenters. The van der Waals surface area contributed by atoms with Crippen molar-refractivity contribution in [1.29, 1.82) is 0 Å². The number of thioether (sulfide) groups is 1. The zero-order chi connectivity index (χ0) is 21.6. The van der Waals surface area contributed by atoms with Gasteiger partial charge in [0.1, 0.15) is 5.82 Å². The fourth-order valence-corrected chi connectivity index (χ4v) is 3.82. The first kappa shape index (κ1) is 20.5. The lowest BCUT2D eigenvalue weighted by atomic mass is 10.2. The third-order valence-electron chi connectivity index (χ3n) is 4.40. The molecule has 31 heavy (non-hydrogen) atoms. The molecule has 4 rings (SSSR count). The number of hydrogen-bond donors (Lipinski definition) is 1. The first-order valence-corrected chi connectivity index (χ1v) is 10.6. The van der Waals surface area contributed by atoms with E-state index in [4.69, 9.17) is 0 Å². The van der Waals surface area contributed by atoms with E-state index in [1.165, 1.54) is 11.8 Å². The molecule has 8 nitrogen and oxygen atoms in total. The maximum Gasteiger partial charge on any atom is 0.236 e. The van der Waals surface area contributed by atoms with Crippen LogP contribution in [0.15, 0.2) is 78.7 Å². The summed E-state index contributed by atoms with van der Waals surface area (Å²) in [5, 5.41) is 16.6. The van der Waals surface area contributed by atoms with Crippen molar-refractivity contribution in [2.75, 3.05) is 11.1 Å². The molecule has 0 aliphatic heterocycles. The summed E-state index contributed by atoms with van der Waals surface area (Å²) in [4.78, 5) is 16.7. The van der Waals surface area contributed by atoms with Crippen LogP contribution in [-0.4, -0.2) is 41.2 Å². The van der Waals surface area contributed by atoms with E-state index in [0.29, 0.717) is 23.3 Å². The number of carbonyl (C=O) groups excluding carboxylic acids is 1. The molecule has 3 heterocycles. The van der Waals surface area contributed by atoms with Crippen LogP contribution >= 0.6 is 11.8 Å². The number of nitrogens with one attached hydrogen (secondary N) is 1. The highest BCUT2D eigenvalue weighted by atomic mass is 32.2. The van der Waals surface area contributed by atoms with E-state index in [1.807, 2.05) is 60.0 Å². The Labute approximate surface area is 184 Å². The van der Waals surface area contributed by atoms with Gasteiger partial charge in [-0.3, -0.25) is 14.3 Å². The molecule has 1 N–H and O–H groups in total. The van der Waals surface area contributed by atoms with Gasteiger partial charge in [-0.25, -0.2) is 4.68 Å². The van der Waals surface area contributed by atoms with Crippen LogP contribution in [0.4, 0.5) is 5.82 Å². The van der Waals surface area contributed by atoms with Gasteiger partial charge in [-0.15, -0.1) is 16.8 Å². The second-order valence-corrected chi connectivity index (χ2v) is 7.64. The van der Waals surface area contributed by atoms with E-state index < -0.39 is 0 Å². The van der Waals surface area contributed by atoms with Crippen molar-refractivity contribution in [3.8, 4) is 17.1 Å². The van der Waals surface area contributed by atoms with Gasteiger partial charge >= 0.3 is 0 Å². The minimum absolute atomic E-state index is 0.152. The molecule has 0 saturated heterocycles. The minimum atomic E-state index is -0.152. The van der Waals surface area contributed by atoms with Crippen LogP contribution in [0.25, 0.3) is 17.1 Å². The predicted octanol–water partition coefficient (Wildman–Crippen LogP) is 3.75. The van der Waals surface area contributed by atoms with E-state index in [9.17, 15) is 4.79 Å². The fourth-order valence-electron chi connectivity index (χ4n) is 3.07. The monoisotopic (exact) mass is 431 g/mol. The number of anilines is 1. The third kappa shape index (κ3) is 4.72. The summed E-state index contributed by atoms with van der Waals surface area (Å²) in [6, 6.07) is 15.3. The molecule has 156 valence electrons. The van der Waals surface area contributed by atoms with Crippen molar-refractivity contribution >= 4 is 23.5 Å². The zero-order valence-corrected chi connectivity index (χ0v) is 17.8. The average Bonchev–Trinajstić information content (AvgIpc) is 3.36. The number of aromatic nitrogens is 6. The van der Waals surface area contributed by atoms with Crippen molar-refractivity contribution in [3.63, 3.8) is 0 Å². The molecule has 0 aliphatic rings. The molecule has 0 aliphatic carbocycles. The highest BCUT2D eigenvalue weighted by molar-refractivity contribution is 7.99. The number of pyridine rings is 1. The molecule has 0 spiro atoms. The van der Waals surface area contributed by atoms with Crippen molar-refractivity contribution in [3.05, 3.63) is 79.3 Å². The number of carbonyl (C=O) groups is 1. The molecular formula is C22H21N7OS. The van der Waals surface area contributed by atoms with E-state index in [-0.39, 0.29) is 11.7 Å². The second-order valence-electron chi connectivity index (χ2n) is 6.70. The van der Waals surface area contributed by atoms with Crippen molar-refractivity contribution in [2.45, 2.75) is 18.6 Å².